The summed E-state index contributed by atoms with van der Waals surface area (Å²) < 4.78 is 5.76. The van der Waals surface area contributed by atoms with Crippen LogP contribution in [-0.2, 0) is 23.2 Å². The maximum atomic E-state index is 13.0. The monoisotopic (exact) mass is 364 g/mol. The number of fused-ring (bicyclic) bond motifs is 1. The number of hydrogen-bond acceptors (Lipinski definition) is 3. The van der Waals surface area contributed by atoms with E-state index < -0.39 is 5.54 Å². The normalized spacial score (nSPS) is 21.3. The third-order valence-corrected chi connectivity index (χ3v) is 5.62. The molecule has 1 unspecified atom stereocenters. The molecule has 1 aliphatic carbocycles. The molecule has 0 bridgehead atoms. The fourth-order valence-electron chi connectivity index (χ4n) is 3.94. The fraction of sp³-hybridized carbons (Fsp3) is 0.364. The summed E-state index contributed by atoms with van der Waals surface area (Å²) in [5, 5.41) is 2.88. The van der Waals surface area contributed by atoms with Crippen molar-refractivity contribution in [3.8, 4) is 5.75 Å². The van der Waals surface area contributed by atoms with Gasteiger partial charge in [0.05, 0.1) is 6.54 Å². The second kappa shape index (κ2) is 6.72. The van der Waals surface area contributed by atoms with Crippen LogP contribution in [0.2, 0.25) is 0 Å². The molecule has 1 aliphatic heterocycles. The number of para-hydroxylation sites is 1. The van der Waals surface area contributed by atoms with Crippen LogP contribution < -0.4 is 10.1 Å². The first-order chi connectivity index (χ1) is 13.0. The van der Waals surface area contributed by atoms with E-state index in [0.717, 1.165) is 36.1 Å². The van der Waals surface area contributed by atoms with Gasteiger partial charge in [-0.25, -0.2) is 4.79 Å². The second-order valence-electron chi connectivity index (χ2n) is 7.46. The lowest BCUT2D eigenvalue weighted by atomic mass is 9.90. The largest absolute Gasteiger partial charge is 0.491 e. The van der Waals surface area contributed by atoms with Crippen LogP contribution in [0.1, 0.15) is 35.6 Å². The Morgan fingerprint density at radius 2 is 1.89 bits per heavy atom. The zero-order valence-corrected chi connectivity index (χ0v) is 15.7. The lowest BCUT2D eigenvalue weighted by Crippen LogP contribution is -2.41. The van der Waals surface area contributed by atoms with E-state index in [9.17, 15) is 9.59 Å². The quantitative estimate of drug-likeness (QED) is 0.828. The number of benzene rings is 2. The number of rotatable bonds is 5. The molecule has 1 saturated heterocycles. The van der Waals surface area contributed by atoms with E-state index >= 15 is 0 Å². The second-order valence-corrected chi connectivity index (χ2v) is 7.46. The lowest BCUT2D eigenvalue weighted by molar-refractivity contribution is -0.131. The zero-order valence-electron chi connectivity index (χ0n) is 15.7. The Morgan fingerprint density at radius 1 is 1.11 bits per heavy atom. The van der Waals surface area contributed by atoms with E-state index in [-0.39, 0.29) is 25.1 Å². The predicted octanol–water partition coefficient (Wildman–Crippen LogP) is 3.33. The van der Waals surface area contributed by atoms with Gasteiger partial charge >= 0.3 is 6.03 Å². The molecule has 2 aliphatic rings. The van der Waals surface area contributed by atoms with Crippen molar-refractivity contribution >= 4 is 11.9 Å². The van der Waals surface area contributed by atoms with Crippen molar-refractivity contribution in [1.29, 1.82) is 0 Å². The minimum absolute atomic E-state index is 0.222. The molecule has 27 heavy (non-hydrogen) atoms. The van der Waals surface area contributed by atoms with Gasteiger partial charge in [0, 0.05) is 0 Å². The summed E-state index contributed by atoms with van der Waals surface area (Å²) in [6.45, 7) is 4.24. The van der Waals surface area contributed by atoms with Crippen LogP contribution in [-0.4, -0.2) is 30.0 Å². The summed E-state index contributed by atoms with van der Waals surface area (Å²) in [5.41, 5.74) is 3.50. The molecule has 1 heterocycles. The van der Waals surface area contributed by atoms with Crippen molar-refractivity contribution in [3.05, 3.63) is 64.7 Å². The lowest BCUT2D eigenvalue weighted by Gasteiger charge is -2.23. The maximum Gasteiger partial charge on any atom is 0.325 e. The van der Waals surface area contributed by atoms with Gasteiger partial charge < -0.3 is 10.1 Å². The van der Waals surface area contributed by atoms with Crippen LogP contribution in [0.15, 0.2) is 42.5 Å². The number of urea groups is 1. The van der Waals surface area contributed by atoms with Crippen molar-refractivity contribution in [2.75, 3.05) is 13.2 Å². The third kappa shape index (κ3) is 3.07. The molecule has 140 valence electrons. The number of aryl methyl sites for hydroxylation is 3. The Hall–Kier alpha value is -2.82. The Morgan fingerprint density at radius 3 is 2.70 bits per heavy atom. The molecule has 3 amide bonds. The van der Waals surface area contributed by atoms with Gasteiger partial charge in [-0.3, -0.25) is 9.69 Å². The predicted molar refractivity (Wildman–Crippen MR) is 103 cm³/mol. The van der Waals surface area contributed by atoms with Gasteiger partial charge in [0.2, 0.25) is 0 Å². The van der Waals surface area contributed by atoms with E-state index in [0.29, 0.717) is 0 Å². The Labute approximate surface area is 159 Å². The number of ether oxygens (including phenoxy) is 1. The first-order valence-corrected chi connectivity index (χ1v) is 9.44. The van der Waals surface area contributed by atoms with Crippen LogP contribution in [0.5, 0.6) is 5.75 Å². The highest BCUT2D eigenvalue weighted by atomic mass is 16.5. The average Bonchev–Trinajstić information content (AvgIpc) is 3.21. The molecular weight excluding hydrogens is 340 g/mol. The van der Waals surface area contributed by atoms with Gasteiger partial charge in [-0.05, 0) is 61.4 Å². The van der Waals surface area contributed by atoms with Crippen molar-refractivity contribution in [2.45, 2.75) is 38.6 Å². The number of carbonyl (C=O) groups is 2. The molecule has 2 aromatic rings. The highest BCUT2D eigenvalue weighted by Gasteiger charge is 2.49. The third-order valence-electron chi connectivity index (χ3n) is 5.62. The molecule has 5 nitrogen and oxygen atoms in total. The van der Waals surface area contributed by atoms with Crippen LogP contribution in [0.25, 0.3) is 0 Å². The number of hydrogen-bond donors (Lipinski definition) is 1. The van der Waals surface area contributed by atoms with Gasteiger partial charge in [-0.1, -0.05) is 36.4 Å². The van der Waals surface area contributed by atoms with Gasteiger partial charge in [-0.15, -0.1) is 0 Å². The van der Waals surface area contributed by atoms with E-state index in [1.165, 1.54) is 16.0 Å². The van der Waals surface area contributed by atoms with Crippen molar-refractivity contribution < 1.29 is 14.3 Å². The van der Waals surface area contributed by atoms with Gasteiger partial charge in [0.15, 0.2) is 0 Å². The maximum absolute atomic E-state index is 13.0. The summed E-state index contributed by atoms with van der Waals surface area (Å²) >= 11 is 0. The minimum Gasteiger partial charge on any atom is -0.491 e. The van der Waals surface area contributed by atoms with Crippen LogP contribution in [0.3, 0.4) is 0 Å². The van der Waals surface area contributed by atoms with Crippen molar-refractivity contribution in [1.82, 2.24) is 10.2 Å². The van der Waals surface area contributed by atoms with E-state index in [4.69, 9.17) is 4.74 Å². The molecule has 0 aromatic heterocycles. The Balaban J connectivity index is 1.47. The molecule has 0 radical (unpaired) electrons. The first kappa shape index (κ1) is 17.6. The number of carbonyl (C=O) groups excluding carboxylic acids is 2. The molecule has 1 atom stereocenters. The SMILES string of the molecule is Cc1ccccc1OCCN1C(=O)NC(C)(c2ccc3c(c2)CCC3)C1=O. The van der Waals surface area contributed by atoms with E-state index in [1.807, 2.05) is 37.3 Å². The standard InChI is InChI=1S/C22H24N2O3/c1-15-6-3-4-9-19(15)27-13-12-24-20(25)22(2,23-21(24)26)18-11-10-16-7-5-8-17(16)14-18/h3-4,6,9-11,14H,5,7-8,12-13H2,1-2H3,(H,23,26). The number of imide groups is 1. The summed E-state index contributed by atoms with van der Waals surface area (Å²) in [6.07, 6.45) is 3.28. The highest BCUT2D eigenvalue weighted by molar-refractivity contribution is 6.07. The highest BCUT2D eigenvalue weighted by Crippen LogP contribution is 2.32. The first-order valence-electron chi connectivity index (χ1n) is 9.44. The van der Waals surface area contributed by atoms with Crippen LogP contribution >= 0.6 is 0 Å². The summed E-state index contributed by atoms with van der Waals surface area (Å²) in [4.78, 5) is 26.7. The molecular formula is C22H24N2O3. The topological polar surface area (TPSA) is 58.6 Å². The summed E-state index contributed by atoms with van der Waals surface area (Å²) in [6, 6.07) is 13.5. The minimum atomic E-state index is -1.02. The molecule has 4 rings (SSSR count). The Bertz CT molecular complexity index is 908. The molecule has 0 spiro atoms. The molecule has 2 aromatic carbocycles. The van der Waals surface area contributed by atoms with E-state index in [1.54, 1.807) is 6.92 Å². The van der Waals surface area contributed by atoms with Crippen LogP contribution in [0, 0.1) is 6.92 Å². The number of nitrogens with one attached hydrogen (secondary N) is 1. The van der Waals surface area contributed by atoms with Crippen LogP contribution in [0.4, 0.5) is 4.79 Å². The average molecular weight is 364 g/mol. The fourth-order valence-corrected chi connectivity index (χ4v) is 3.94. The zero-order chi connectivity index (χ0) is 19.0. The molecule has 0 saturated carbocycles. The van der Waals surface area contributed by atoms with Crippen molar-refractivity contribution in [2.24, 2.45) is 0 Å². The number of amides is 3. The molecule has 1 N–H and O–H groups in total. The van der Waals surface area contributed by atoms with Gasteiger partial charge in [-0.2, -0.15) is 0 Å². The molecule has 5 heteroatoms. The number of nitrogens with zero attached hydrogens (tertiary/aromatic N) is 1. The Kier molecular flexibility index (Phi) is 4.38. The summed E-state index contributed by atoms with van der Waals surface area (Å²) in [7, 11) is 0. The van der Waals surface area contributed by atoms with Crippen molar-refractivity contribution in [3.63, 3.8) is 0 Å². The smallest absolute Gasteiger partial charge is 0.325 e. The van der Waals surface area contributed by atoms with E-state index in [2.05, 4.69) is 17.4 Å². The van der Waals surface area contributed by atoms with Gasteiger partial charge in [0.1, 0.15) is 17.9 Å². The molecule has 1 fully saturated rings. The summed E-state index contributed by atoms with van der Waals surface area (Å²) in [5.74, 6) is 0.546. The van der Waals surface area contributed by atoms with Gasteiger partial charge in [0.25, 0.3) is 5.91 Å².